The lowest BCUT2D eigenvalue weighted by atomic mass is 10.1. The van der Waals surface area contributed by atoms with Crippen LogP contribution in [0.3, 0.4) is 0 Å². The first-order chi connectivity index (χ1) is 12.7. The van der Waals surface area contributed by atoms with Crippen LogP contribution >= 0.6 is 0 Å². The Morgan fingerprint density at radius 1 is 1.19 bits per heavy atom. The third-order valence-electron chi connectivity index (χ3n) is 3.66. The van der Waals surface area contributed by atoms with Gasteiger partial charge in [-0.2, -0.15) is 20.2 Å². The summed E-state index contributed by atoms with van der Waals surface area (Å²) in [5.41, 5.74) is 8.39. The first-order valence-corrected chi connectivity index (χ1v) is 7.84. The minimum atomic E-state index is 0.140. The number of nitrogens with zero attached hydrogens (tertiary/aromatic N) is 5. The summed E-state index contributed by atoms with van der Waals surface area (Å²) in [6.07, 6.45) is 0. The van der Waals surface area contributed by atoms with E-state index < -0.39 is 0 Å². The van der Waals surface area contributed by atoms with Crippen LogP contribution in [0.2, 0.25) is 0 Å². The highest BCUT2D eigenvalue weighted by atomic mass is 16.5. The van der Waals surface area contributed by atoms with Crippen LogP contribution in [0.15, 0.2) is 24.3 Å². The number of nitriles is 1. The van der Waals surface area contributed by atoms with Crippen LogP contribution in [-0.2, 0) is 11.3 Å². The summed E-state index contributed by atoms with van der Waals surface area (Å²) in [5.74, 6) is 0.199. The summed E-state index contributed by atoms with van der Waals surface area (Å²) in [4.78, 5) is 12.9. The molecule has 2 N–H and O–H groups in total. The smallest absolute Gasteiger partial charge is 0.320 e. The van der Waals surface area contributed by atoms with Gasteiger partial charge in [0.05, 0.1) is 31.9 Å². The van der Waals surface area contributed by atoms with Crippen molar-refractivity contribution in [1.29, 1.82) is 5.26 Å². The van der Waals surface area contributed by atoms with Gasteiger partial charge in [-0.3, -0.25) is 4.57 Å². The van der Waals surface area contributed by atoms with Gasteiger partial charge in [0.2, 0.25) is 0 Å². The van der Waals surface area contributed by atoms with E-state index in [-0.39, 0.29) is 11.8 Å². The van der Waals surface area contributed by atoms with Crippen LogP contribution in [0.1, 0.15) is 11.1 Å². The molecule has 0 fully saturated rings. The van der Waals surface area contributed by atoms with Gasteiger partial charge in [-0.1, -0.05) is 12.1 Å². The van der Waals surface area contributed by atoms with E-state index in [0.29, 0.717) is 42.5 Å². The Morgan fingerprint density at radius 2 is 2.04 bits per heavy atom. The minimum Gasteiger partial charge on any atom is -0.468 e. The number of hydrogen-bond donors (Lipinski definition) is 1. The Morgan fingerprint density at radius 3 is 2.77 bits per heavy atom. The second-order valence-electron chi connectivity index (χ2n) is 5.40. The molecule has 0 unspecified atom stereocenters. The molecule has 134 valence electrons. The largest absolute Gasteiger partial charge is 0.468 e. The zero-order valence-electron chi connectivity index (χ0n) is 14.5. The number of fused-ring (bicyclic) bond motifs is 1. The van der Waals surface area contributed by atoms with E-state index in [4.69, 9.17) is 25.2 Å². The number of nitrogens with two attached hydrogens (primary N) is 1. The number of ether oxygens (including phenoxy) is 3. The fraction of sp³-hybridized carbons (Fsp3) is 0.294. The van der Waals surface area contributed by atoms with Gasteiger partial charge >= 0.3 is 6.01 Å². The molecule has 26 heavy (non-hydrogen) atoms. The van der Waals surface area contributed by atoms with E-state index in [2.05, 4.69) is 21.0 Å². The number of anilines is 1. The first-order valence-electron chi connectivity index (χ1n) is 7.84. The molecule has 0 amide bonds. The number of imidazole rings is 1. The number of methoxy groups -OCH3 is 2. The first kappa shape index (κ1) is 17.4. The third-order valence-corrected chi connectivity index (χ3v) is 3.66. The number of aromatic nitrogens is 4. The molecule has 0 aliphatic heterocycles. The highest BCUT2D eigenvalue weighted by Crippen LogP contribution is 2.26. The Hall–Kier alpha value is -3.38. The summed E-state index contributed by atoms with van der Waals surface area (Å²) in [6.45, 7) is 1.12. The lowest BCUT2D eigenvalue weighted by Crippen LogP contribution is -2.09. The lowest BCUT2D eigenvalue weighted by molar-refractivity contribution is 0.141. The van der Waals surface area contributed by atoms with Gasteiger partial charge in [-0.25, -0.2) is 0 Å². The number of benzene rings is 1. The molecule has 0 aliphatic carbocycles. The molecular formula is C17H18N6O3. The third kappa shape index (κ3) is 3.50. The Kier molecular flexibility index (Phi) is 5.15. The van der Waals surface area contributed by atoms with Crippen LogP contribution in [-0.4, -0.2) is 47.0 Å². The molecular weight excluding hydrogens is 336 g/mol. The van der Waals surface area contributed by atoms with Crippen molar-refractivity contribution in [2.45, 2.75) is 6.54 Å². The number of nitrogen functional groups attached to an aromatic ring is 1. The van der Waals surface area contributed by atoms with Crippen molar-refractivity contribution < 1.29 is 14.2 Å². The Labute approximate surface area is 150 Å². The molecule has 0 aliphatic rings. The predicted molar refractivity (Wildman–Crippen MR) is 93.9 cm³/mol. The molecule has 3 aromatic rings. The zero-order chi connectivity index (χ0) is 18.5. The van der Waals surface area contributed by atoms with E-state index in [9.17, 15) is 0 Å². The van der Waals surface area contributed by atoms with E-state index in [1.165, 1.54) is 7.11 Å². The molecule has 1 aromatic carbocycles. The SMILES string of the molecule is COCCOc1nc(N)c2nc(OC)n(Cc3cccc(C#N)c3)c2n1. The van der Waals surface area contributed by atoms with Gasteiger partial charge in [0.25, 0.3) is 6.01 Å². The molecule has 0 atom stereocenters. The van der Waals surface area contributed by atoms with Gasteiger partial charge in [0.1, 0.15) is 6.61 Å². The van der Waals surface area contributed by atoms with Crippen molar-refractivity contribution in [3.05, 3.63) is 35.4 Å². The van der Waals surface area contributed by atoms with Gasteiger partial charge < -0.3 is 19.9 Å². The van der Waals surface area contributed by atoms with E-state index >= 15 is 0 Å². The van der Waals surface area contributed by atoms with Crippen molar-refractivity contribution in [2.75, 3.05) is 33.2 Å². The molecule has 0 saturated heterocycles. The molecule has 9 heteroatoms. The second-order valence-corrected chi connectivity index (χ2v) is 5.40. The molecule has 3 rings (SSSR count). The van der Waals surface area contributed by atoms with Crippen LogP contribution in [0.4, 0.5) is 5.82 Å². The summed E-state index contributed by atoms with van der Waals surface area (Å²) in [7, 11) is 3.10. The number of rotatable bonds is 7. The maximum atomic E-state index is 9.08. The molecule has 2 heterocycles. The minimum absolute atomic E-state index is 0.140. The van der Waals surface area contributed by atoms with Crippen molar-refractivity contribution in [2.24, 2.45) is 0 Å². The summed E-state index contributed by atoms with van der Waals surface area (Å²) < 4.78 is 17.5. The molecule has 0 bridgehead atoms. The van der Waals surface area contributed by atoms with Gasteiger partial charge in [0, 0.05) is 7.11 Å². The highest BCUT2D eigenvalue weighted by Gasteiger charge is 2.18. The quantitative estimate of drug-likeness (QED) is 0.631. The normalized spacial score (nSPS) is 10.7. The topological polar surface area (TPSA) is 121 Å². The van der Waals surface area contributed by atoms with Crippen molar-refractivity contribution >= 4 is 17.0 Å². The summed E-state index contributed by atoms with van der Waals surface area (Å²) in [6, 6.07) is 9.88. The molecule has 2 aromatic heterocycles. The van der Waals surface area contributed by atoms with Gasteiger partial charge in [-0.15, -0.1) is 0 Å². The summed E-state index contributed by atoms with van der Waals surface area (Å²) in [5, 5.41) is 9.08. The molecule has 0 radical (unpaired) electrons. The van der Waals surface area contributed by atoms with Crippen molar-refractivity contribution in [1.82, 2.24) is 19.5 Å². The van der Waals surface area contributed by atoms with Crippen LogP contribution in [0.5, 0.6) is 12.0 Å². The Bertz CT molecular complexity index is 963. The van der Waals surface area contributed by atoms with Crippen LogP contribution < -0.4 is 15.2 Å². The van der Waals surface area contributed by atoms with Gasteiger partial charge in [-0.05, 0) is 17.7 Å². The molecule has 0 spiro atoms. The fourth-order valence-electron chi connectivity index (χ4n) is 2.48. The van der Waals surface area contributed by atoms with Crippen LogP contribution in [0.25, 0.3) is 11.2 Å². The zero-order valence-corrected chi connectivity index (χ0v) is 14.5. The maximum Gasteiger partial charge on any atom is 0.320 e. The fourth-order valence-corrected chi connectivity index (χ4v) is 2.48. The van der Waals surface area contributed by atoms with Crippen molar-refractivity contribution in [3.8, 4) is 18.1 Å². The van der Waals surface area contributed by atoms with E-state index in [1.54, 1.807) is 23.8 Å². The van der Waals surface area contributed by atoms with E-state index in [0.717, 1.165) is 5.56 Å². The number of hydrogen-bond acceptors (Lipinski definition) is 8. The standard InChI is InChI=1S/C17H18N6O3/c1-24-6-7-26-16-21-14(19)13-15(22-16)23(17(20-13)25-2)10-12-5-3-4-11(8-12)9-18/h3-5,8H,6-7,10H2,1-2H3,(H2,19,21,22). The summed E-state index contributed by atoms with van der Waals surface area (Å²) >= 11 is 0. The van der Waals surface area contributed by atoms with E-state index in [1.807, 2.05) is 12.1 Å². The average Bonchev–Trinajstić information content (AvgIpc) is 3.00. The monoisotopic (exact) mass is 354 g/mol. The Balaban J connectivity index is 2.03. The van der Waals surface area contributed by atoms with Crippen LogP contribution in [0, 0.1) is 11.3 Å². The highest BCUT2D eigenvalue weighted by molar-refractivity contribution is 5.83. The predicted octanol–water partition coefficient (Wildman–Crippen LogP) is 1.36. The maximum absolute atomic E-state index is 9.08. The average molecular weight is 354 g/mol. The molecule has 9 nitrogen and oxygen atoms in total. The second kappa shape index (κ2) is 7.67. The van der Waals surface area contributed by atoms with Gasteiger partial charge in [0.15, 0.2) is 17.0 Å². The van der Waals surface area contributed by atoms with Crippen molar-refractivity contribution in [3.63, 3.8) is 0 Å². The lowest BCUT2D eigenvalue weighted by Gasteiger charge is -2.09. The molecule has 0 saturated carbocycles.